The fourth-order valence-corrected chi connectivity index (χ4v) is 2.37. The zero-order valence-electron chi connectivity index (χ0n) is 12.1. The average molecular weight is 288 g/mol. The van der Waals surface area contributed by atoms with E-state index >= 15 is 0 Å². The van der Waals surface area contributed by atoms with Crippen molar-refractivity contribution in [1.82, 2.24) is 14.3 Å². The maximum Gasteiger partial charge on any atom is 0.354 e. The molecule has 2 aromatic rings. The van der Waals surface area contributed by atoms with Crippen molar-refractivity contribution in [3.63, 3.8) is 0 Å². The van der Waals surface area contributed by atoms with Crippen LogP contribution in [0.2, 0.25) is 0 Å². The Bertz CT molecular complexity index is 760. The van der Waals surface area contributed by atoms with Gasteiger partial charge >= 0.3 is 11.7 Å². The molecule has 0 fully saturated rings. The Labute approximate surface area is 121 Å². The topological polar surface area (TPSA) is 69.4 Å². The van der Waals surface area contributed by atoms with E-state index in [-0.39, 0.29) is 18.6 Å². The van der Waals surface area contributed by atoms with E-state index in [4.69, 9.17) is 4.74 Å². The third-order valence-electron chi connectivity index (χ3n) is 3.44. The summed E-state index contributed by atoms with van der Waals surface area (Å²) in [4.78, 5) is 26.2. The van der Waals surface area contributed by atoms with Crippen molar-refractivity contribution in [3.05, 3.63) is 40.6 Å². The second kappa shape index (κ2) is 4.76. The SMILES string of the molecule is COc1cccc(N2Cc3nn(C(C)C)c(=O)n3C2=O)c1. The van der Waals surface area contributed by atoms with Crippen LogP contribution < -0.4 is 15.3 Å². The number of amides is 1. The van der Waals surface area contributed by atoms with Crippen LogP contribution in [0.1, 0.15) is 25.7 Å². The monoisotopic (exact) mass is 288 g/mol. The van der Waals surface area contributed by atoms with E-state index < -0.39 is 5.69 Å². The minimum atomic E-state index is -0.393. The average Bonchev–Trinajstić information content (AvgIpc) is 2.97. The number of ether oxygens (including phenoxy) is 1. The first-order chi connectivity index (χ1) is 10.0. The Kier molecular flexibility index (Phi) is 3.04. The van der Waals surface area contributed by atoms with E-state index in [1.165, 1.54) is 9.58 Å². The minimum Gasteiger partial charge on any atom is -0.497 e. The first-order valence-electron chi connectivity index (χ1n) is 6.69. The lowest BCUT2D eigenvalue weighted by atomic mass is 10.3. The van der Waals surface area contributed by atoms with E-state index in [9.17, 15) is 9.59 Å². The van der Waals surface area contributed by atoms with E-state index in [0.717, 1.165) is 4.57 Å². The molecule has 0 saturated carbocycles. The van der Waals surface area contributed by atoms with Gasteiger partial charge in [0.1, 0.15) is 5.75 Å². The number of benzene rings is 1. The predicted molar refractivity (Wildman–Crippen MR) is 76.8 cm³/mol. The van der Waals surface area contributed by atoms with Gasteiger partial charge in [-0.3, -0.25) is 4.90 Å². The molecule has 1 amide bonds. The van der Waals surface area contributed by atoms with Gasteiger partial charge < -0.3 is 4.74 Å². The Morgan fingerprint density at radius 1 is 1.29 bits per heavy atom. The highest BCUT2D eigenvalue weighted by molar-refractivity contribution is 5.96. The fourth-order valence-electron chi connectivity index (χ4n) is 2.37. The second-order valence-corrected chi connectivity index (χ2v) is 5.14. The number of carbonyl (C=O) groups excluding carboxylic acids is 1. The van der Waals surface area contributed by atoms with Crippen LogP contribution in [0, 0.1) is 0 Å². The largest absolute Gasteiger partial charge is 0.497 e. The number of fused-ring (bicyclic) bond motifs is 1. The van der Waals surface area contributed by atoms with Crippen molar-refractivity contribution in [2.75, 3.05) is 12.0 Å². The highest BCUT2D eigenvalue weighted by Crippen LogP contribution is 2.26. The molecule has 0 atom stereocenters. The molecule has 1 aromatic heterocycles. The van der Waals surface area contributed by atoms with Crippen LogP contribution in [0.15, 0.2) is 29.1 Å². The van der Waals surface area contributed by atoms with E-state index in [2.05, 4.69) is 5.10 Å². The number of nitrogens with zero attached hydrogens (tertiary/aromatic N) is 4. The standard InChI is InChI=1S/C14H16N4O3/c1-9(2)18-14(20)17-12(15-18)8-16(13(17)19)10-5-4-6-11(7-10)21-3/h4-7,9H,8H2,1-3H3. The first kappa shape index (κ1) is 13.4. The lowest BCUT2D eigenvalue weighted by Gasteiger charge is -2.15. The van der Waals surface area contributed by atoms with Crippen LogP contribution in [0.25, 0.3) is 0 Å². The number of methoxy groups -OCH3 is 1. The predicted octanol–water partition coefficient (Wildman–Crippen LogP) is 1.62. The zero-order chi connectivity index (χ0) is 15.1. The number of rotatable bonds is 3. The second-order valence-electron chi connectivity index (χ2n) is 5.14. The van der Waals surface area contributed by atoms with Gasteiger partial charge in [0.25, 0.3) is 0 Å². The highest BCUT2D eigenvalue weighted by Gasteiger charge is 2.33. The molecule has 3 rings (SSSR count). The van der Waals surface area contributed by atoms with Crippen molar-refractivity contribution in [3.8, 4) is 5.75 Å². The number of hydrogen-bond acceptors (Lipinski definition) is 4. The molecule has 7 nitrogen and oxygen atoms in total. The van der Waals surface area contributed by atoms with Gasteiger partial charge in [-0.25, -0.2) is 14.3 Å². The molecule has 0 spiro atoms. The van der Waals surface area contributed by atoms with Crippen LogP contribution >= 0.6 is 0 Å². The summed E-state index contributed by atoms with van der Waals surface area (Å²) in [5.41, 5.74) is 0.288. The summed E-state index contributed by atoms with van der Waals surface area (Å²) in [7, 11) is 1.57. The van der Waals surface area contributed by atoms with E-state index in [1.54, 1.807) is 31.4 Å². The third kappa shape index (κ3) is 2.01. The molecule has 0 N–H and O–H groups in total. The fraction of sp³-hybridized carbons (Fsp3) is 0.357. The van der Waals surface area contributed by atoms with Crippen LogP contribution in [-0.2, 0) is 6.54 Å². The number of anilines is 1. The number of hydrogen-bond donors (Lipinski definition) is 0. The van der Waals surface area contributed by atoms with E-state index in [1.807, 2.05) is 13.8 Å². The zero-order valence-corrected chi connectivity index (χ0v) is 12.1. The smallest absolute Gasteiger partial charge is 0.354 e. The first-order valence-corrected chi connectivity index (χ1v) is 6.69. The Balaban J connectivity index is 1.99. The summed E-state index contributed by atoms with van der Waals surface area (Å²) in [6.07, 6.45) is 0. The van der Waals surface area contributed by atoms with Gasteiger partial charge in [-0.2, -0.15) is 9.67 Å². The Hall–Kier alpha value is -2.57. The lowest BCUT2D eigenvalue weighted by Crippen LogP contribution is -2.35. The lowest BCUT2D eigenvalue weighted by molar-refractivity contribution is 0.249. The summed E-state index contributed by atoms with van der Waals surface area (Å²) < 4.78 is 7.61. The van der Waals surface area contributed by atoms with Crippen LogP contribution in [0.3, 0.4) is 0 Å². The van der Waals surface area contributed by atoms with Gasteiger partial charge in [0.15, 0.2) is 5.82 Å². The molecule has 110 valence electrons. The van der Waals surface area contributed by atoms with Crippen molar-refractivity contribution in [1.29, 1.82) is 0 Å². The summed E-state index contributed by atoms with van der Waals surface area (Å²) >= 11 is 0. The summed E-state index contributed by atoms with van der Waals surface area (Å²) in [6.45, 7) is 3.99. The maximum atomic E-state index is 12.4. The molecule has 2 heterocycles. The summed E-state index contributed by atoms with van der Waals surface area (Å²) in [5, 5.41) is 4.23. The molecule has 0 aliphatic carbocycles. The molecule has 1 aliphatic rings. The maximum absolute atomic E-state index is 12.4. The molecular weight excluding hydrogens is 272 g/mol. The quantitative estimate of drug-likeness (QED) is 0.860. The molecule has 1 aromatic carbocycles. The van der Waals surface area contributed by atoms with Gasteiger partial charge in [0.2, 0.25) is 0 Å². The van der Waals surface area contributed by atoms with Crippen LogP contribution in [-0.4, -0.2) is 27.5 Å². The molecule has 0 radical (unpaired) electrons. The minimum absolute atomic E-state index is 0.0753. The molecule has 21 heavy (non-hydrogen) atoms. The Morgan fingerprint density at radius 3 is 2.67 bits per heavy atom. The normalized spacial score (nSPS) is 13.9. The van der Waals surface area contributed by atoms with E-state index in [0.29, 0.717) is 17.3 Å². The van der Waals surface area contributed by atoms with Crippen molar-refractivity contribution >= 4 is 11.7 Å². The Morgan fingerprint density at radius 2 is 2.05 bits per heavy atom. The molecule has 0 saturated heterocycles. The highest BCUT2D eigenvalue weighted by atomic mass is 16.5. The van der Waals surface area contributed by atoms with Crippen molar-refractivity contribution < 1.29 is 9.53 Å². The summed E-state index contributed by atoms with van der Waals surface area (Å²) in [5.74, 6) is 1.12. The van der Waals surface area contributed by atoms with Gasteiger partial charge in [0, 0.05) is 11.8 Å². The molecule has 0 unspecified atom stereocenters. The number of carbonyl (C=O) groups is 1. The van der Waals surface area contributed by atoms with Gasteiger partial charge in [-0.05, 0) is 26.0 Å². The van der Waals surface area contributed by atoms with Gasteiger partial charge in [0.05, 0.1) is 19.7 Å². The molecule has 7 heteroatoms. The van der Waals surface area contributed by atoms with Crippen molar-refractivity contribution in [2.24, 2.45) is 0 Å². The number of aromatic nitrogens is 3. The third-order valence-corrected chi connectivity index (χ3v) is 3.44. The van der Waals surface area contributed by atoms with Crippen LogP contribution in [0.4, 0.5) is 10.5 Å². The molecular formula is C14H16N4O3. The molecule has 0 bridgehead atoms. The van der Waals surface area contributed by atoms with Crippen molar-refractivity contribution in [2.45, 2.75) is 26.4 Å². The van der Waals surface area contributed by atoms with Crippen LogP contribution in [0.5, 0.6) is 5.75 Å². The van der Waals surface area contributed by atoms with Gasteiger partial charge in [-0.15, -0.1) is 0 Å². The molecule has 1 aliphatic heterocycles. The summed E-state index contributed by atoms with van der Waals surface area (Å²) in [6, 6.07) is 6.70. The van der Waals surface area contributed by atoms with Gasteiger partial charge in [-0.1, -0.05) is 6.07 Å².